The van der Waals surface area contributed by atoms with Gasteiger partial charge < -0.3 is 4.74 Å². The molecule has 0 atom stereocenters. The van der Waals surface area contributed by atoms with Gasteiger partial charge in [-0.3, -0.25) is 4.40 Å². The summed E-state index contributed by atoms with van der Waals surface area (Å²) in [6.07, 6.45) is -0.732. The fraction of sp³-hybridized carbons (Fsp3) is 0.200. The molecule has 0 aromatic carbocycles. The number of carbonyl (C=O) groups excluding carboxylic acids is 1. The Morgan fingerprint density at radius 1 is 1.58 bits per heavy atom. The molecule has 0 saturated heterocycles. The van der Waals surface area contributed by atoms with Gasteiger partial charge in [-0.15, -0.1) is 11.3 Å². The summed E-state index contributed by atoms with van der Waals surface area (Å²) >= 11 is 7.17. The van der Waals surface area contributed by atoms with Crippen molar-refractivity contribution in [2.45, 2.75) is 6.18 Å². The third-order valence-corrected chi connectivity index (χ3v) is 3.04. The van der Waals surface area contributed by atoms with Gasteiger partial charge in [-0.2, -0.15) is 13.2 Å². The first-order chi connectivity index (χ1) is 8.87. The lowest BCUT2D eigenvalue weighted by Crippen LogP contribution is -2.19. The third kappa shape index (κ3) is 3.48. The molecular weight excluding hydrogens is 305 g/mol. The number of fused-ring (bicyclic) bond motifs is 1. The second kappa shape index (κ2) is 5.22. The lowest BCUT2D eigenvalue weighted by Gasteiger charge is -2.05. The predicted molar refractivity (Wildman–Crippen MR) is 64.1 cm³/mol. The van der Waals surface area contributed by atoms with Gasteiger partial charge in [0, 0.05) is 17.7 Å². The van der Waals surface area contributed by atoms with E-state index in [0.717, 1.165) is 6.08 Å². The average molecular weight is 311 g/mol. The zero-order valence-corrected chi connectivity index (χ0v) is 10.7. The summed E-state index contributed by atoms with van der Waals surface area (Å²) in [7, 11) is 0. The fourth-order valence-electron chi connectivity index (χ4n) is 1.27. The minimum atomic E-state index is -4.54. The van der Waals surface area contributed by atoms with Gasteiger partial charge in [-0.1, -0.05) is 11.6 Å². The SMILES string of the molecule is O=C(/C=C/c1c(Cl)nc2sccn12)OCC(F)(F)F. The van der Waals surface area contributed by atoms with Gasteiger partial charge in [0.25, 0.3) is 0 Å². The number of imidazole rings is 1. The number of alkyl halides is 3. The summed E-state index contributed by atoms with van der Waals surface area (Å²) in [5, 5.41) is 1.92. The highest BCUT2D eigenvalue weighted by molar-refractivity contribution is 7.15. The van der Waals surface area contributed by atoms with Crippen LogP contribution in [0.1, 0.15) is 5.69 Å². The van der Waals surface area contributed by atoms with Crippen molar-refractivity contribution >= 4 is 39.9 Å². The van der Waals surface area contributed by atoms with E-state index in [2.05, 4.69) is 9.72 Å². The van der Waals surface area contributed by atoms with Crippen LogP contribution in [0.25, 0.3) is 11.0 Å². The van der Waals surface area contributed by atoms with Crippen molar-refractivity contribution in [3.8, 4) is 0 Å². The van der Waals surface area contributed by atoms with E-state index in [4.69, 9.17) is 11.6 Å². The summed E-state index contributed by atoms with van der Waals surface area (Å²) in [5.74, 6) is -1.10. The standard InChI is InChI=1S/C10H6ClF3N2O2S/c11-8-6(16-3-4-19-9(16)15-8)1-2-7(17)18-5-10(12,13)14/h1-4H,5H2/b2-1+. The van der Waals surface area contributed by atoms with E-state index < -0.39 is 18.8 Å². The van der Waals surface area contributed by atoms with Gasteiger partial charge in [0.2, 0.25) is 0 Å². The topological polar surface area (TPSA) is 43.6 Å². The first-order valence-electron chi connectivity index (χ1n) is 4.89. The molecule has 0 fully saturated rings. The van der Waals surface area contributed by atoms with Crippen LogP contribution in [0.4, 0.5) is 13.2 Å². The van der Waals surface area contributed by atoms with E-state index >= 15 is 0 Å². The van der Waals surface area contributed by atoms with Crippen molar-refractivity contribution in [3.63, 3.8) is 0 Å². The van der Waals surface area contributed by atoms with Gasteiger partial charge in [-0.05, 0) is 6.08 Å². The number of halogens is 4. The molecule has 2 aromatic rings. The predicted octanol–water partition coefficient (Wildman–Crippen LogP) is 3.17. The quantitative estimate of drug-likeness (QED) is 0.646. The summed E-state index contributed by atoms with van der Waals surface area (Å²) in [6, 6.07) is 0. The van der Waals surface area contributed by atoms with Crippen LogP contribution >= 0.6 is 22.9 Å². The summed E-state index contributed by atoms with van der Waals surface area (Å²) in [4.78, 5) is 15.7. The molecule has 0 aliphatic rings. The number of aromatic nitrogens is 2. The van der Waals surface area contributed by atoms with E-state index in [1.54, 1.807) is 16.0 Å². The Morgan fingerprint density at radius 3 is 3.00 bits per heavy atom. The lowest BCUT2D eigenvalue weighted by atomic mass is 10.4. The number of hydrogen-bond acceptors (Lipinski definition) is 4. The largest absolute Gasteiger partial charge is 0.453 e. The van der Waals surface area contributed by atoms with Gasteiger partial charge in [0.15, 0.2) is 16.7 Å². The minimum absolute atomic E-state index is 0.159. The molecule has 102 valence electrons. The van der Waals surface area contributed by atoms with Gasteiger partial charge in [0.1, 0.15) is 0 Å². The maximum Gasteiger partial charge on any atom is 0.422 e. The van der Waals surface area contributed by atoms with Crippen LogP contribution in [-0.2, 0) is 9.53 Å². The molecule has 0 spiro atoms. The van der Waals surface area contributed by atoms with Crippen LogP contribution in [0.15, 0.2) is 17.7 Å². The number of rotatable bonds is 3. The molecule has 9 heteroatoms. The molecule has 0 aliphatic carbocycles. The van der Waals surface area contributed by atoms with Crippen molar-refractivity contribution in [1.29, 1.82) is 0 Å². The third-order valence-electron chi connectivity index (χ3n) is 2.01. The molecule has 0 aliphatic heterocycles. The first-order valence-corrected chi connectivity index (χ1v) is 6.15. The van der Waals surface area contributed by atoms with Crippen LogP contribution in [0.5, 0.6) is 0 Å². The van der Waals surface area contributed by atoms with Crippen LogP contribution in [0.3, 0.4) is 0 Å². The number of esters is 1. The fourth-order valence-corrected chi connectivity index (χ4v) is 2.28. The molecule has 0 radical (unpaired) electrons. The molecule has 0 amide bonds. The average Bonchev–Trinajstić information content (AvgIpc) is 2.83. The normalized spacial score (nSPS) is 12.4. The molecular formula is C10H6ClF3N2O2S. The van der Waals surface area contributed by atoms with Crippen molar-refractivity contribution < 1.29 is 22.7 Å². The van der Waals surface area contributed by atoms with Gasteiger partial charge >= 0.3 is 12.1 Å². The van der Waals surface area contributed by atoms with Crippen LogP contribution in [0, 0.1) is 0 Å². The number of thiazole rings is 1. The minimum Gasteiger partial charge on any atom is -0.453 e. The zero-order valence-electron chi connectivity index (χ0n) is 9.15. The Kier molecular flexibility index (Phi) is 3.81. The molecule has 19 heavy (non-hydrogen) atoms. The van der Waals surface area contributed by atoms with Crippen molar-refractivity contribution in [1.82, 2.24) is 9.38 Å². The highest BCUT2D eigenvalue weighted by Crippen LogP contribution is 2.22. The van der Waals surface area contributed by atoms with Gasteiger partial charge in [-0.25, -0.2) is 9.78 Å². The van der Waals surface area contributed by atoms with E-state index in [1.165, 1.54) is 17.4 Å². The van der Waals surface area contributed by atoms with Crippen LogP contribution in [0.2, 0.25) is 5.15 Å². The summed E-state index contributed by atoms with van der Waals surface area (Å²) in [6.45, 7) is -1.62. The summed E-state index contributed by atoms with van der Waals surface area (Å²) < 4.78 is 41.1. The molecule has 0 unspecified atom stereocenters. The number of carbonyl (C=O) groups is 1. The van der Waals surface area contributed by atoms with Crippen molar-refractivity contribution in [2.24, 2.45) is 0 Å². The van der Waals surface area contributed by atoms with Crippen LogP contribution < -0.4 is 0 Å². The summed E-state index contributed by atoms with van der Waals surface area (Å²) in [5.41, 5.74) is 0.405. The molecule has 0 bridgehead atoms. The van der Waals surface area contributed by atoms with Gasteiger partial charge in [0.05, 0.1) is 5.69 Å². The van der Waals surface area contributed by atoms with E-state index in [9.17, 15) is 18.0 Å². The van der Waals surface area contributed by atoms with E-state index in [1.807, 2.05) is 0 Å². The lowest BCUT2D eigenvalue weighted by molar-refractivity contribution is -0.182. The second-order valence-corrected chi connectivity index (χ2v) is 4.63. The monoisotopic (exact) mass is 310 g/mol. The van der Waals surface area contributed by atoms with E-state index in [-0.39, 0.29) is 5.15 Å². The molecule has 0 N–H and O–H groups in total. The Bertz CT molecular complexity index is 632. The first kappa shape index (κ1) is 13.9. The number of hydrogen-bond donors (Lipinski definition) is 0. The van der Waals surface area contributed by atoms with E-state index in [0.29, 0.717) is 10.7 Å². The van der Waals surface area contributed by atoms with Crippen molar-refractivity contribution in [3.05, 3.63) is 28.5 Å². The molecule has 4 nitrogen and oxygen atoms in total. The Labute approximate surface area is 114 Å². The highest BCUT2D eigenvalue weighted by Gasteiger charge is 2.29. The molecule has 2 aromatic heterocycles. The maximum atomic E-state index is 11.8. The van der Waals surface area contributed by atoms with Crippen LogP contribution in [-0.4, -0.2) is 28.1 Å². The van der Waals surface area contributed by atoms with Crippen molar-refractivity contribution in [2.75, 3.05) is 6.61 Å². The molecule has 2 heterocycles. The Morgan fingerprint density at radius 2 is 2.32 bits per heavy atom. The maximum absolute atomic E-state index is 11.8. The number of ether oxygens (including phenoxy) is 1. The smallest absolute Gasteiger partial charge is 0.422 e. The Hall–Kier alpha value is -1.54. The Balaban J connectivity index is 2.08. The number of nitrogens with zero attached hydrogens (tertiary/aromatic N) is 2. The second-order valence-electron chi connectivity index (χ2n) is 3.40. The molecule has 0 saturated carbocycles. The highest BCUT2D eigenvalue weighted by atomic mass is 35.5. The zero-order chi connectivity index (χ0) is 14.0. The molecule has 2 rings (SSSR count).